The van der Waals surface area contributed by atoms with Crippen molar-refractivity contribution in [3.8, 4) is 11.5 Å². The number of hydrogen-bond donors (Lipinski definition) is 2. The summed E-state index contributed by atoms with van der Waals surface area (Å²) < 4.78 is 5.88. The average molecular weight is 439 g/mol. The Morgan fingerprint density at radius 2 is 2.16 bits per heavy atom. The van der Waals surface area contributed by atoms with E-state index in [1.807, 2.05) is 19.2 Å². The third kappa shape index (κ3) is 4.74. The van der Waals surface area contributed by atoms with E-state index in [0.717, 1.165) is 42.8 Å². The van der Waals surface area contributed by atoms with E-state index in [1.54, 1.807) is 30.1 Å². The summed E-state index contributed by atoms with van der Waals surface area (Å²) in [6.07, 6.45) is 8.21. The summed E-state index contributed by atoms with van der Waals surface area (Å²) in [4.78, 5) is 37.3. The van der Waals surface area contributed by atoms with Gasteiger partial charge >= 0.3 is 0 Å². The highest BCUT2D eigenvalue weighted by Gasteiger charge is 2.27. The number of carbonyl (C=O) groups excluding carboxylic acids is 1. The summed E-state index contributed by atoms with van der Waals surface area (Å²) in [5.74, 6) is 2.63. The first-order valence-corrected chi connectivity index (χ1v) is 11.9. The van der Waals surface area contributed by atoms with E-state index in [2.05, 4.69) is 20.3 Å². The minimum Gasteiger partial charge on any atom is -0.465 e. The number of H-pyrrole nitrogens is 1. The van der Waals surface area contributed by atoms with Gasteiger partial charge < -0.3 is 14.7 Å². The van der Waals surface area contributed by atoms with Crippen molar-refractivity contribution in [1.29, 1.82) is 0 Å². The number of fused-ring (bicyclic) bond motifs is 1. The van der Waals surface area contributed by atoms with Crippen LogP contribution in [0.2, 0.25) is 0 Å². The molecule has 3 aromatic heterocycles. The number of hydrogen-bond acceptors (Lipinski definition) is 6. The first kappa shape index (κ1) is 21.4. The Kier molecular flexibility index (Phi) is 6.56. The average Bonchev–Trinajstić information content (AvgIpc) is 3.12. The number of nitrogens with one attached hydrogen (secondary N) is 2. The highest BCUT2D eigenvalue weighted by Crippen LogP contribution is 2.30. The van der Waals surface area contributed by atoms with Gasteiger partial charge in [-0.3, -0.25) is 14.6 Å². The Bertz CT molecular complexity index is 1120. The van der Waals surface area contributed by atoms with Gasteiger partial charge in [-0.05, 0) is 56.7 Å². The van der Waals surface area contributed by atoms with Crippen molar-refractivity contribution in [1.82, 2.24) is 20.3 Å². The number of aromatic nitrogens is 3. The topological polar surface area (TPSA) is 101 Å². The minimum absolute atomic E-state index is 0.169. The van der Waals surface area contributed by atoms with Crippen molar-refractivity contribution in [3.05, 3.63) is 69.2 Å². The van der Waals surface area contributed by atoms with Gasteiger partial charge in [-0.1, -0.05) is 6.07 Å². The van der Waals surface area contributed by atoms with Crippen LogP contribution in [0.25, 0.3) is 11.5 Å². The molecule has 8 heteroatoms. The largest absolute Gasteiger partial charge is 0.465 e. The zero-order chi connectivity index (χ0) is 21.8. The Labute approximate surface area is 185 Å². The van der Waals surface area contributed by atoms with Crippen molar-refractivity contribution >= 4 is 17.7 Å². The lowest BCUT2D eigenvalue weighted by molar-refractivity contribution is 0.0932. The Morgan fingerprint density at radius 1 is 1.32 bits per heavy atom. The monoisotopic (exact) mass is 438 g/mol. The second-order valence-electron chi connectivity index (χ2n) is 7.68. The van der Waals surface area contributed by atoms with Gasteiger partial charge in [0.2, 0.25) is 0 Å². The lowest BCUT2D eigenvalue weighted by atomic mass is 9.94. The molecule has 1 aliphatic carbocycles. The number of carbonyl (C=O) groups is 1. The number of aryl methyl sites for hydroxylation is 2. The summed E-state index contributed by atoms with van der Waals surface area (Å²) >= 11 is 1.68. The quantitative estimate of drug-likeness (QED) is 0.581. The molecule has 1 unspecified atom stereocenters. The lowest BCUT2D eigenvalue weighted by Crippen LogP contribution is -2.31. The molecule has 3 aromatic rings. The van der Waals surface area contributed by atoms with Gasteiger partial charge in [0, 0.05) is 24.2 Å². The van der Waals surface area contributed by atoms with E-state index in [4.69, 9.17) is 4.42 Å². The Morgan fingerprint density at radius 3 is 2.94 bits per heavy atom. The van der Waals surface area contributed by atoms with Crippen molar-refractivity contribution < 1.29 is 9.21 Å². The van der Waals surface area contributed by atoms with Crippen LogP contribution in [0.1, 0.15) is 58.4 Å². The maximum Gasteiger partial charge on any atom is 0.255 e. The fourth-order valence-corrected chi connectivity index (χ4v) is 4.51. The molecule has 2 N–H and O–H groups in total. The summed E-state index contributed by atoms with van der Waals surface area (Å²) in [5.41, 5.74) is 2.50. The zero-order valence-electron chi connectivity index (χ0n) is 17.7. The van der Waals surface area contributed by atoms with Gasteiger partial charge in [-0.25, -0.2) is 4.98 Å². The molecule has 0 bridgehead atoms. The maximum absolute atomic E-state index is 13.3. The van der Waals surface area contributed by atoms with Crippen molar-refractivity contribution in [2.24, 2.45) is 0 Å². The van der Waals surface area contributed by atoms with Crippen molar-refractivity contribution in [2.45, 2.75) is 45.1 Å². The molecule has 3 heterocycles. The van der Waals surface area contributed by atoms with Gasteiger partial charge in [0.25, 0.3) is 11.5 Å². The first-order chi connectivity index (χ1) is 15.1. The molecule has 7 nitrogen and oxygen atoms in total. The molecule has 1 aliphatic rings. The molecule has 0 saturated heterocycles. The Hall–Kier alpha value is -2.87. The van der Waals surface area contributed by atoms with E-state index in [1.165, 1.54) is 6.07 Å². The molecule has 1 atom stereocenters. The SMILES string of the molecule is CSCCC(NC(=O)c1c(C)oc2c1CCCC2)c1cc(=O)[nH]c(-c2ccccn2)n1. The normalized spacial score (nSPS) is 14.1. The molecular formula is C23H26N4O3S. The predicted molar refractivity (Wildman–Crippen MR) is 121 cm³/mol. The number of amides is 1. The van der Waals surface area contributed by atoms with Gasteiger partial charge in [0.1, 0.15) is 17.2 Å². The second kappa shape index (κ2) is 9.51. The molecule has 0 saturated carbocycles. The molecule has 0 radical (unpaired) electrons. The fourth-order valence-electron chi connectivity index (χ4n) is 4.04. The third-order valence-electron chi connectivity index (χ3n) is 5.52. The molecule has 1 amide bonds. The van der Waals surface area contributed by atoms with Crippen LogP contribution in [-0.4, -0.2) is 32.9 Å². The molecule has 31 heavy (non-hydrogen) atoms. The van der Waals surface area contributed by atoms with Crippen LogP contribution in [0.4, 0.5) is 0 Å². The second-order valence-corrected chi connectivity index (χ2v) is 8.67. The summed E-state index contributed by atoms with van der Waals surface area (Å²) in [6.45, 7) is 1.84. The van der Waals surface area contributed by atoms with E-state index in [-0.39, 0.29) is 11.5 Å². The van der Waals surface area contributed by atoms with E-state index < -0.39 is 6.04 Å². The Balaban J connectivity index is 1.66. The standard InChI is InChI=1S/C23H26N4O3S/c1-14-21(15-7-3-4-9-19(15)30-14)23(29)26-16(10-12-31-2)18-13-20(28)27-22(25-18)17-8-5-6-11-24-17/h5-6,8,11,13,16H,3-4,7,9-10,12H2,1-2H3,(H,26,29)(H,25,27,28). The van der Waals surface area contributed by atoms with Crippen LogP contribution in [0.5, 0.6) is 0 Å². The van der Waals surface area contributed by atoms with Gasteiger partial charge in [-0.15, -0.1) is 0 Å². The summed E-state index contributed by atoms with van der Waals surface area (Å²) in [5, 5.41) is 3.12. The van der Waals surface area contributed by atoms with E-state index >= 15 is 0 Å². The highest BCUT2D eigenvalue weighted by atomic mass is 32.2. The van der Waals surface area contributed by atoms with Crippen LogP contribution < -0.4 is 10.9 Å². The van der Waals surface area contributed by atoms with Gasteiger partial charge in [0.15, 0.2) is 5.82 Å². The van der Waals surface area contributed by atoms with Gasteiger partial charge in [0.05, 0.1) is 17.3 Å². The van der Waals surface area contributed by atoms with Crippen LogP contribution in [0.3, 0.4) is 0 Å². The molecule has 0 fully saturated rings. The zero-order valence-corrected chi connectivity index (χ0v) is 18.6. The van der Waals surface area contributed by atoms with E-state index in [0.29, 0.717) is 35.0 Å². The smallest absolute Gasteiger partial charge is 0.255 e. The highest BCUT2D eigenvalue weighted by molar-refractivity contribution is 7.98. The molecule has 4 rings (SSSR count). The molecule has 0 aliphatic heterocycles. The number of nitrogens with zero attached hydrogens (tertiary/aromatic N) is 2. The maximum atomic E-state index is 13.3. The van der Waals surface area contributed by atoms with Crippen LogP contribution >= 0.6 is 11.8 Å². The number of pyridine rings is 1. The van der Waals surface area contributed by atoms with Crippen LogP contribution in [-0.2, 0) is 12.8 Å². The first-order valence-electron chi connectivity index (χ1n) is 10.5. The number of furan rings is 1. The lowest BCUT2D eigenvalue weighted by Gasteiger charge is -2.19. The number of rotatable bonds is 7. The van der Waals surface area contributed by atoms with Crippen molar-refractivity contribution in [2.75, 3.05) is 12.0 Å². The summed E-state index contributed by atoms with van der Waals surface area (Å²) in [6, 6.07) is 6.50. The number of aromatic amines is 1. The summed E-state index contributed by atoms with van der Waals surface area (Å²) in [7, 11) is 0. The number of thioether (sulfide) groups is 1. The van der Waals surface area contributed by atoms with Crippen molar-refractivity contribution in [3.63, 3.8) is 0 Å². The van der Waals surface area contributed by atoms with E-state index in [9.17, 15) is 9.59 Å². The predicted octanol–water partition coefficient (Wildman–Crippen LogP) is 3.84. The fraction of sp³-hybridized carbons (Fsp3) is 0.391. The van der Waals surface area contributed by atoms with Crippen LogP contribution in [0.15, 0.2) is 39.7 Å². The van der Waals surface area contributed by atoms with Crippen LogP contribution in [0, 0.1) is 6.92 Å². The molecular weight excluding hydrogens is 412 g/mol. The minimum atomic E-state index is -0.391. The molecule has 0 aromatic carbocycles. The van der Waals surface area contributed by atoms with Gasteiger partial charge in [-0.2, -0.15) is 11.8 Å². The molecule has 162 valence electrons. The third-order valence-corrected chi connectivity index (χ3v) is 6.16. The molecule has 0 spiro atoms.